The van der Waals surface area contributed by atoms with E-state index >= 15 is 0 Å². The molecule has 15 heavy (non-hydrogen) atoms. The van der Waals surface area contributed by atoms with Gasteiger partial charge in [-0.1, -0.05) is 0 Å². The zero-order chi connectivity index (χ0) is 11.7. The predicted molar refractivity (Wildman–Crippen MR) is 46.1 cm³/mol. The minimum Gasteiger partial charge on any atom is -0.387 e. The van der Waals surface area contributed by atoms with E-state index in [4.69, 9.17) is 10.00 Å². The fourth-order valence-electron chi connectivity index (χ4n) is 1.45. The molecule has 0 aliphatic heterocycles. The first-order valence-corrected chi connectivity index (χ1v) is 5.42. The van der Waals surface area contributed by atoms with Crippen LogP contribution in [-0.4, -0.2) is 67.0 Å². The first-order valence-electron chi connectivity index (χ1n) is 4.16. The van der Waals surface area contributed by atoms with Crippen molar-refractivity contribution in [3.05, 3.63) is 0 Å². The van der Waals surface area contributed by atoms with Crippen molar-refractivity contribution in [3.63, 3.8) is 0 Å². The highest BCUT2D eigenvalue weighted by molar-refractivity contribution is 7.32. The van der Waals surface area contributed by atoms with Gasteiger partial charge < -0.3 is 34.9 Å². The number of rotatable bonds is 2. The molecule has 1 aliphatic rings. The quantitative estimate of drug-likeness (QED) is 0.275. The van der Waals surface area contributed by atoms with Crippen LogP contribution in [0.2, 0.25) is 0 Å². The van der Waals surface area contributed by atoms with Gasteiger partial charge in [0.25, 0.3) is 0 Å². The lowest BCUT2D eigenvalue weighted by Gasteiger charge is -2.40. The van der Waals surface area contributed by atoms with Crippen LogP contribution in [0.3, 0.4) is 0 Å². The van der Waals surface area contributed by atoms with E-state index < -0.39 is 44.9 Å². The molecule has 0 aromatic heterocycles. The Balaban J connectivity index is 2.81. The van der Waals surface area contributed by atoms with Crippen molar-refractivity contribution in [1.29, 1.82) is 0 Å². The van der Waals surface area contributed by atoms with E-state index in [2.05, 4.69) is 4.52 Å². The van der Waals surface area contributed by atoms with Crippen LogP contribution in [0, 0.1) is 0 Å². The minimum atomic E-state index is -3.44. The van der Waals surface area contributed by atoms with Gasteiger partial charge in [0.1, 0.15) is 36.6 Å². The van der Waals surface area contributed by atoms with Gasteiger partial charge in [0.15, 0.2) is 0 Å². The van der Waals surface area contributed by atoms with Gasteiger partial charge in [-0.15, -0.1) is 0 Å². The van der Waals surface area contributed by atoms with Crippen molar-refractivity contribution >= 4 is 8.25 Å². The Labute approximate surface area is 85.3 Å². The predicted octanol–water partition coefficient (Wildman–Crippen LogP) is -3.43. The second kappa shape index (κ2) is 4.86. The highest BCUT2D eigenvalue weighted by Crippen LogP contribution is 2.29. The molecular weight excluding hydrogens is 231 g/mol. The van der Waals surface area contributed by atoms with Gasteiger partial charge in [0.05, 0.1) is 0 Å². The molecule has 1 saturated carbocycles. The summed E-state index contributed by atoms with van der Waals surface area (Å²) in [6.45, 7) is 0. The molecule has 90 valence electrons. The second-order valence-electron chi connectivity index (χ2n) is 3.30. The van der Waals surface area contributed by atoms with Gasteiger partial charge in [-0.2, -0.15) is 0 Å². The Hall–Kier alpha value is -0.0500. The third-order valence-electron chi connectivity index (χ3n) is 2.31. The first kappa shape index (κ1) is 13.0. The Morgan fingerprint density at radius 1 is 0.800 bits per heavy atom. The van der Waals surface area contributed by atoms with E-state index in [0.29, 0.717) is 0 Å². The third kappa shape index (κ3) is 2.55. The summed E-state index contributed by atoms with van der Waals surface area (Å²) in [6, 6.07) is 0. The first-order chi connectivity index (χ1) is 6.86. The van der Waals surface area contributed by atoms with Gasteiger partial charge in [0, 0.05) is 0 Å². The monoisotopic (exact) mass is 244 g/mol. The summed E-state index contributed by atoms with van der Waals surface area (Å²) in [5.74, 6) is 0. The molecule has 0 saturated heterocycles. The third-order valence-corrected chi connectivity index (χ3v) is 2.78. The number of aliphatic hydroxyl groups is 5. The molecule has 6 N–H and O–H groups in total. The Morgan fingerprint density at radius 2 is 1.13 bits per heavy atom. The molecule has 0 spiro atoms. The van der Waals surface area contributed by atoms with Crippen LogP contribution in [0.15, 0.2) is 0 Å². The molecule has 5 unspecified atom stereocenters. The van der Waals surface area contributed by atoms with Crippen LogP contribution in [0.4, 0.5) is 0 Å². The maximum Gasteiger partial charge on any atom is 0.317 e. The van der Waals surface area contributed by atoms with Crippen LogP contribution >= 0.6 is 8.25 Å². The molecule has 8 nitrogen and oxygen atoms in total. The van der Waals surface area contributed by atoms with E-state index in [1.165, 1.54) is 0 Å². The molecule has 0 radical (unpaired) electrons. The maximum absolute atomic E-state index is 10.4. The summed E-state index contributed by atoms with van der Waals surface area (Å²) in [6.07, 6.45) is -10.4. The topological polar surface area (TPSA) is 148 Å². The average Bonchev–Trinajstić information content (AvgIpc) is 2.18. The normalized spacial score (nSPS) is 48.9. The molecule has 0 aromatic rings. The number of aliphatic hydroxyl groups excluding tert-OH is 5. The Bertz CT molecular complexity index is 231. The van der Waals surface area contributed by atoms with Gasteiger partial charge in [-0.3, -0.25) is 4.57 Å². The summed E-state index contributed by atoms with van der Waals surface area (Å²) in [4.78, 5) is 8.45. The standard InChI is InChI=1S/C6H13O8P/c7-1-2(8)4(10)6(14-15(12)13)5(11)3(1)9/h1-11,15H,(H,12,13). The van der Waals surface area contributed by atoms with Crippen molar-refractivity contribution in [2.45, 2.75) is 36.6 Å². The van der Waals surface area contributed by atoms with Crippen molar-refractivity contribution in [2.24, 2.45) is 0 Å². The SMILES string of the molecule is O=[PH](O)OC1C(O)C(O)C(O)C(O)C1O. The number of hydrogen-bond donors (Lipinski definition) is 6. The van der Waals surface area contributed by atoms with Gasteiger partial charge >= 0.3 is 8.25 Å². The highest BCUT2D eigenvalue weighted by atomic mass is 31.1. The molecule has 1 rings (SSSR count). The lowest BCUT2D eigenvalue weighted by molar-refractivity contribution is -0.217. The summed E-state index contributed by atoms with van der Waals surface area (Å²) < 4.78 is 14.6. The largest absolute Gasteiger partial charge is 0.387 e. The smallest absolute Gasteiger partial charge is 0.317 e. The molecule has 0 aromatic carbocycles. The number of hydrogen-bond acceptors (Lipinski definition) is 7. The van der Waals surface area contributed by atoms with Crippen LogP contribution < -0.4 is 0 Å². The molecule has 0 heterocycles. The van der Waals surface area contributed by atoms with Crippen molar-refractivity contribution < 1.29 is 39.5 Å². The zero-order valence-corrected chi connectivity index (χ0v) is 8.46. The Morgan fingerprint density at radius 3 is 1.47 bits per heavy atom. The van der Waals surface area contributed by atoms with Crippen LogP contribution in [-0.2, 0) is 9.09 Å². The molecule has 1 fully saturated rings. The van der Waals surface area contributed by atoms with E-state index in [-0.39, 0.29) is 0 Å². The van der Waals surface area contributed by atoms with E-state index in [1.54, 1.807) is 0 Å². The molecule has 0 bridgehead atoms. The summed E-state index contributed by atoms with van der Waals surface area (Å²) in [5.41, 5.74) is 0. The van der Waals surface area contributed by atoms with E-state index in [1.807, 2.05) is 0 Å². The molecule has 9 heteroatoms. The highest BCUT2D eigenvalue weighted by Gasteiger charge is 2.49. The van der Waals surface area contributed by atoms with Gasteiger partial charge in [-0.05, 0) is 0 Å². The summed E-state index contributed by atoms with van der Waals surface area (Å²) in [5, 5.41) is 46.1. The molecule has 0 amide bonds. The summed E-state index contributed by atoms with van der Waals surface area (Å²) >= 11 is 0. The van der Waals surface area contributed by atoms with E-state index in [0.717, 1.165) is 0 Å². The maximum atomic E-state index is 10.4. The van der Waals surface area contributed by atoms with Crippen LogP contribution in [0.1, 0.15) is 0 Å². The van der Waals surface area contributed by atoms with Crippen molar-refractivity contribution in [1.82, 2.24) is 0 Å². The lowest BCUT2D eigenvalue weighted by atomic mass is 9.85. The summed E-state index contributed by atoms with van der Waals surface area (Å²) in [7, 11) is -3.44. The van der Waals surface area contributed by atoms with Crippen LogP contribution in [0.5, 0.6) is 0 Å². The molecule has 5 atom stereocenters. The minimum absolute atomic E-state index is 1.62. The fraction of sp³-hybridized carbons (Fsp3) is 1.00. The molecule has 1 aliphatic carbocycles. The second-order valence-corrected chi connectivity index (χ2v) is 4.07. The average molecular weight is 244 g/mol. The van der Waals surface area contributed by atoms with Gasteiger partial charge in [-0.25, -0.2) is 0 Å². The van der Waals surface area contributed by atoms with Gasteiger partial charge in [0.2, 0.25) is 0 Å². The van der Waals surface area contributed by atoms with Crippen molar-refractivity contribution in [3.8, 4) is 0 Å². The zero-order valence-electron chi connectivity index (χ0n) is 7.46. The molecular formula is C6H13O8P. The Kier molecular flexibility index (Phi) is 4.21. The lowest BCUT2D eigenvalue weighted by Crippen LogP contribution is -2.63. The van der Waals surface area contributed by atoms with Crippen LogP contribution in [0.25, 0.3) is 0 Å². The van der Waals surface area contributed by atoms with Crippen molar-refractivity contribution in [2.75, 3.05) is 0 Å². The fourth-order valence-corrected chi connectivity index (χ4v) is 1.96. The van der Waals surface area contributed by atoms with E-state index in [9.17, 15) is 25.0 Å².